The molecule has 0 radical (unpaired) electrons. The highest BCUT2D eigenvalue weighted by atomic mass is 32.2. The van der Waals surface area contributed by atoms with E-state index in [-0.39, 0.29) is 35.9 Å². The topological polar surface area (TPSA) is 83.6 Å². The molecule has 1 fully saturated rings. The zero-order valence-corrected chi connectivity index (χ0v) is 14.4. The maximum atomic E-state index is 12.1. The Balaban J connectivity index is 1.92. The maximum absolute atomic E-state index is 12.1. The molecule has 1 aromatic rings. The lowest BCUT2D eigenvalue weighted by Crippen LogP contribution is -2.43. The lowest BCUT2D eigenvalue weighted by molar-refractivity contribution is -0.130. The molecule has 0 spiro atoms. The van der Waals surface area contributed by atoms with Crippen molar-refractivity contribution in [1.82, 2.24) is 10.2 Å². The van der Waals surface area contributed by atoms with Crippen molar-refractivity contribution in [3.8, 4) is 0 Å². The van der Waals surface area contributed by atoms with E-state index in [1.54, 1.807) is 19.2 Å². The zero-order valence-electron chi connectivity index (χ0n) is 13.6. The van der Waals surface area contributed by atoms with Gasteiger partial charge in [0, 0.05) is 18.7 Å². The van der Waals surface area contributed by atoms with Gasteiger partial charge >= 0.3 is 0 Å². The fourth-order valence-electron chi connectivity index (χ4n) is 2.77. The minimum absolute atomic E-state index is 0.000259. The van der Waals surface area contributed by atoms with Crippen molar-refractivity contribution in [2.75, 3.05) is 25.1 Å². The second kappa shape index (κ2) is 6.70. The Labute approximate surface area is 136 Å². The molecule has 7 heteroatoms. The normalized spacial score (nSPS) is 19.3. The number of nitrogens with zero attached hydrogens (tertiary/aromatic N) is 1. The molecule has 1 aromatic carbocycles. The minimum Gasteiger partial charge on any atom is -0.343 e. The van der Waals surface area contributed by atoms with E-state index in [0.29, 0.717) is 12.0 Å². The first kappa shape index (κ1) is 17.5. The average molecular weight is 338 g/mol. The van der Waals surface area contributed by atoms with E-state index in [1.807, 2.05) is 19.9 Å². The van der Waals surface area contributed by atoms with Crippen molar-refractivity contribution < 1.29 is 18.0 Å². The van der Waals surface area contributed by atoms with Gasteiger partial charge in [-0.2, -0.15) is 0 Å². The van der Waals surface area contributed by atoms with Crippen molar-refractivity contribution in [3.63, 3.8) is 0 Å². The molecule has 1 atom stereocenters. The highest BCUT2D eigenvalue weighted by Crippen LogP contribution is 2.16. The molecule has 1 aliphatic heterocycles. The van der Waals surface area contributed by atoms with Crippen LogP contribution < -0.4 is 5.32 Å². The van der Waals surface area contributed by atoms with Crippen LogP contribution in [0.15, 0.2) is 18.2 Å². The van der Waals surface area contributed by atoms with E-state index in [0.717, 1.165) is 11.1 Å². The fourth-order valence-corrected chi connectivity index (χ4v) is 4.55. The predicted octanol–water partition coefficient (Wildman–Crippen LogP) is 0.679. The monoisotopic (exact) mass is 338 g/mol. The first-order chi connectivity index (χ1) is 10.7. The van der Waals surface area contributed by atoms with E-state index in [1.165, 1.54) is 4.90 Å². The lowest BCUT2D eigenvalue weighted by Gasteiger charge is -2.23. The van der Waals surface area contributed by atoms with Gasteiger partial charge in [-0.15, -0.1) is 0 Å². The van der Waals surface area contributed by atoms with Crippen LogP contribution in [0.4, 0.5) is 0 Å². The number of amides is 2. The molecule has 1 heterocycles. The molecule has 0 saturated carbocycles. The summed E-state index contributed by atoms with van der Waals surface area (Å²) in [7, 11) is -1.46. The number of nitrogens with one attached hydrogen (secondary N) is 1. The van der Waals surface area contributed by atoms with Crippen LogP contribution in [-0.2, 0) is 14.6 Å². The molecule has 0 aromatic heterocycles. The summed E-state index contributed by atoms with van der Waals surface area (Å²) in [6, 6.07) is 5.20. The molecule has 6 nitrogen and oxygen atoms in total. The largest absolute Gasteiger partial charge is 0.343 e. The summed E-state index contributed by atoms with van der Waals surface area (Å²) >= 11 is 0. The summed E-state index contributed by atoms with van der Waals surface area (Å²) < 4.78 is 23.0. The molecule has 126 valence electrons. The van der Waals surface area contributed by atoms with Crippen molar-refractivity contribution >= 4 is 21.7 Å². The Morgan fingerprint density at radius 3 is 2.35 bits per heavy atom. The molecule has 1 unspecified atom stereocenters. The highest BCUT2D eigenvalue weighted by molar-refractivity contribution is 7.91. The Morgan fingerprint density at radius 1 is 1.22 bits per heavy atom. The number of hydrogen-bond donors (Lipinski definition) is 1. The van der Waals surface area contributed by atoms with Crippen molar-refractivity contribution in [2.24, 2.45) is 0 Å². The summed E-state index contributed by atoms with van der Waals surface area (Å²) in [5, 5.41) is 2.60. The van der Waals surface area contributed by atoms with Gasteiger partial charge in [0.1, 0.15) is 0 Å². The number of sulfone groups is 1. The number of rotatable bonds is 4. The van der Waals surface area contributed by atoms with Gasteiger partial charge in [-0.3, -0.25) is 9.59 Å². The number of carbonyl (C=O) groups excluding carboxylic acids is 2. The van der Waals surface area contributed by atoms with Gasteiger partial charge in [0.2, 0.25) is 5.91 Å². The Kier molecular flexibility index (Phi) is 5.09. The molecule has 0 aliphatic carbocycles. The molecule has 1 N–H and O–H groups in total. The van der Waals surface area contributed by atoms with Gasteiger partial charge in [0.15, 0.2) is 9.84 Å². The summed E-state index contributed by atoms with van der Waals surface area (Å²) in [5.41, 5.74) is 2.48. The molecule has 1 saturated heterocycles. The summed E-state index contributed by atoms with van der Waals surface area (Å²) in [6.07, 6.45) is 0.454. The number of carbonyl (C=O) groups is 2. The second-order valence-electron chi connectivity index (χ2n) is 6.12. The third-order valence-electron chi connectivity index (χ3n) is 4.03. The highest BCUT2D eigenvalue weighted by Gasteiger charge is 2.32. The van der Waals surface area contributed by atoms with Crippen LogP contribution in [0.5, 0.6) is 0 Å². The van der Waals surface area contributed by atoms with Crippen LogP contribution in [0, 0.1) is 13.8 Å². The quantitative estimate of drug-likeness (QED) is 0.875. The third kappa shape index (κ3) is 4.54. The van der Waals surface area contributed by atoms with Crippen molar-refractivity contribution in [3.05, 3.63) is 34.9 Å². The van der Waals surface area contributed by atoms with Crippen LogP contribution in [0.3, 0.4) is 0 Å². The predicted molar refractivity (Wildman–Crippen MR) is 88.1 cm³/mol. The van der Waals surface area contributed by atoms with Gasteiger partial charge < -0.3 is 10.2 Å². The molecule has 2 rings (SSSR count). The Hall–Kier alpha value is -1.89. The SMILES string of the molecule is Cc1cc(C)cc(C(=O)NCC(=O)N(C)C2CCS(=O)(=O)C2)c1. The van der Waals surface area contributed by atoms with E-state index in [4.69, 9.17) is 0 Å². The summed E-state index contributed by atoms with van der Waals surface area (Å²) in [5.74, 6) is -0.479. The fraction of sp³-hybridized carbons (Fsp3) is 0.500. The number of benzene rings is 1. The van der Waals surface area contributed by atoms with Crippen LogP contribution in [0.2, 0.25) is 0 Å². The maximum Gasteiger partial charge on any atom is 0.251 e. The molecule has 1 aliphatic rings. The standard InChI is InChI=1S/C16H22N2O4S/c1-11-6-12(2)8-13(7-11)16(20)17-9-15(19)18(3)14-4-5-23(21,22)10-14/h6-8,14H,4-5,9-10H2,1-3H3,(H,17,20). The van der Waals surface area contributed by atoms with Crippen LogP contribution in [-0.4, -0.2) is 56.3 Å². The number of aryl methyl sites for hydroxylation is 2. The van der Waals surface area contributed by atoms with Crippen molar-refractivity contribution in [1.29, 1.82) is 0 Å². The van der Waals surface area contributed by atoms with E-state index in [2.05, 4.69) is 5.32 Å². The summed E-state index contributed by atoms with van der Waals surface area (Å²) in [6.45, 7) is 3.67. The van der Waals surface area contributed by atoms with Gasteiger partial charge in [-0.1, -0.05) is 17.2 Å². The first-order valence-corrected chi connectivity index (χ1v) is 9.32. The first-order valence-electron chi connectivity index (χ1n) is 7.50. The second-order valence-corrected chi connectivity index (χ2v) is 8.35. The van der Waals surface area contributed by atoms with Crippen LogP contribution in [0.1, 0.15) is 27.9 Å². The zero-order chi connectivity index (χ0) is 17.2. The average Bonchev–Trinajstić information content (AvgIpc) is 2.82. The Morgan fingerprint density at radius 2 is 1.83 bits per heavy atom. The molecule has 0 bridgehead atoms. The van der Waals surface area contributed by atoms with E-state index < -0.39 is 9.84 Å². The lowest BCUT2D eigenvalue weighted by atomic mass is 10.1. The van der Waals surface area contributed by atoms with Crippen LogP contribution >= 0.6 is 0 Å². The minimum atomic E-state index is -3.04. The number of likely N-dealkylation sites (N-methyl/N-ethyl adjacent to an activating group) is 1. The van der Waals surface area contributed by atoms with E-state index in [9.17, 15) is 18.0 Å². The third-order valence-corrected chi connectivity index (χ3v) is 5.78. The molecular weight excluding hydrogens is 316 g/mol. The van der Waals surface area contributed by atoms with Gasteiger partial charge in [0.25, 0.3) is 5.91 Å². The van der Waals surface area contributed by atoms with Gasteiger partial charge in [0.05, 0.1) is 18.1 Å². The Bertz CT molecular complexity index is 707. The number of hydrogen-bond acceptors (Lipinski definition) is 4. The van der Waals surface area contributed by atoms with E-state index >= 15 is 0 Å². The van der Waals surface area contributed by atoms with Crippen molar-refractivity contribution in [2.45, 2.75) is 26.3 Å². The summed E-state index contributed by atoms with van der Waals surface area (Å²) in [4.78, 5) is 25.7. The van der Waals surface area contributed by atoms with Gasteiger partial charge in [-0.05, 0) is 32.4 Å². The smallest absolute Gasteiger partial charge is 0.251 e. The van der Waals surface area contributed by atoms with Gasteiger partial charge in [-0.25, -0.2) is 8.42 Å². The molecule has 2 amide bonds. The molecule has 23 heavy (non-hydrogen) atoms. The van der Waals surface area contributed by atoms with Crippen LogP contribution in [0.25, 0.3) is 0 Å². The molecular formula is C16H22N2O4S.